The van der Waals surface area contributed by atoms with Gasteiger partial charge in [-0.05, 0) is 15.9 Å². The smallest absolute Gasteiger partial charge is 0.269 e. The first-order valence-corrected chi connectivity index (χ1v) is 6.91. The summed E-state index contributed by atoms with van der Waals surface area (Å²) < 4.78 is 0.0255. The van der Waals surface area contributed by atoms with Crippen LogP contribution in [0.25, 0.3) is 11.5 Å². The van der Waals surface area contributed by atoms with E-state index in [1.165, 1.54) is 11.3 Å². The quantitative estimate of drug-likeness (QED) is 0.842. The lowest BCUT2D eigenvalue weighted by Gasteiger charge is -2.13. The van der Waals surface area contributed by atoms with Crippen LogP contribution in [0.1, 0.15) is 25.8 Å². The highest BCUT2D eigenvalue weighted by Gasteiger charge is 2.19. The van der Waals surface area contributed by atoms with Gasteiger partial charge in [-0.15, -0.1) is 11.3 Å². The molecule has 2 rings (SSSR count). The van der Waals surface area contributed by atoms with Crippen LogP contribution in [-0.2, 0) is 5.41 Å². The Morgan fingerprint density at radius 2 is 2.06 bits per heavy atom. The first kappa shape index (κ1) is 13.2. The number of hydrogen-bond acceptors (Lipinski definition) is 5. The van der Waals surface area contributed by atoms with Crippen molar-refractivity contribution in [1.29, 1.82) is 0 Å². The van der Waals surface area contributed by atoms with Crippen molar-refractivity contribution in [1.82, 2.24) is 15.0 Å². The van der Waals surface area contributed by atoms with E-state index in [1.807, 2.05) is 5.38 Å². The Morgan fingerprint density at radius 1 is 1.39 bits per heavy atom. The molecule has 0 aliphatic heterocycles. The lowest BCUT2D eigenvalue weighted by Crippen LogP contribution is -2.12. The molecular weight excluding hydrogens is 318 g/mol. The second-order valence-electron chi connectivity index (χ2n) is 4.84. The number of rotatable bonds is 1. The molecule has 0 radical (unpaired) electrons. The van der Waals surface area contributed by atoms with Gasteiger partial charge in [0.15, 0.2) is 5.82 Å². The third-order valence-corrected chi connectivity index (χ3v) is 4.22. The summed E-state index contributed by atoms with van der Waals surface area (Å²) in [6.45, 7) is 6.18. The number of hydrogen-bond donors (Lipinski definition) is 2. The molecule has 0 fully saturated rings. The molecule has 0 spiro atoms. The summed E-state index contributed by atoms with van der Waals surface area (Å²) in [5.41, 5.74) is 0.0771. The van der Waals surface area contributed by atoms with Crippen LogP contribution >= 0.6 is 27.3 Å². The molecule has 0 unspecified atom stereocenters. The zero-order valence-corrected chi connectivity index (χ0v) is 12.5. The molecule has 0 saturated heterocycles. The summed E-state index contributed by atoms with van der Waals surface area (Å²) in [5, 5.41) is 12.3. The normalized spacial score (nSPS) is 11.8. The highest BCUT2D eigenvalue weighted by Crippen LogP contribution is 2.29. The van der Waals surface area contributed by atoms with E-state index in [4.69, 9.17) is 0 Å². The first-order valence-electron chi connectivity index (χ1n) is 5.24. The summed E-state index contributed by atoms with van der Waals surface area (Å²) in [7, 11) is 0. The van der Waals surface area contributed by atoms with Crippen molar-refractivity contribution in [2.24, 2.45) is 0 Å². The minimum atomic E-state index is -0.428. The molecule has 0 bridgehead atoms. The lowest BCUT2D eigenvalue weighted by atomic mass is 9.98. The van der Waals surface area contributed by atoms with Crippen molar-refractivity contribution in [3.8, 4) is 17.4 Å². The van der Waals surface area contributed by atoms with Crippen LogP contribution < -0.4 is 5.56 Å². The Hall–Kier alpha value is -1.21. The monoisotopic (exact) mass is 329 g/mol. The van der Waals surface area contributed by atoms with E-state index in [0.29, 0.717) is 5.69 Å². The van der Waals surface area contributed by atoms with Crippen molar-refractivity contribution in [2.45, 2.75) is 26.2 Å². The number of aromatic nitrogens is 3. The summed E-state index contributed by atoms with van der Waals surface area (Å²) in [6.07, 6.45) is 0. The number of thiazole rings is 1. The molecule has 18 heavy (non-hydrogen) atoms. The predicted molar refractivity (Wildman–Crippen MR) is 74.0 cm³/mol. The lowest BCUT2D eigenvalue weighted by molar-refractivity contribution is 0.448. The average Bonchev–Trinajstić information content (AvgIpc) is 2.73. The molecule has 2 aromatic rings. The van der Waals surface area contributed by atoms with Crippen LogP contribution in [0.3, 0.4) is 0 Å². The molecule has 0 amide bonds. The Labute approximate surface area is 116 Å². The van der Waals surface area contributed by atoms with Gasteiger partial charge in [-0.25, -0.2) is 4.98 Å². The van der Waals surface area contributed by atoms with E-state index >= 15 is 0 Å². The fourth-order valence-electron chi connectivity index (χ4n) is 1.30. The van der Waals surface area contributed by atoms with Crippen LogP contribution in [-0.4, -0.2) is 20.1 Å². The second-order valence-corrected chi connectivity index (χ2v) is 6.49. The maximum atomic E-state index is 11.5. The van der Waals surface area contributed by atoms with Gasteiger partial charge in [0.2, 0.25) is 5.88 Å². The predicted octanol–water partition coefficient (Wildman–Crippen LogP) is 2.66. The zero-order valence-electron chi connectivity index (χ0n) is 10.1. The van der Waals surface area contributed by atoms with Gasteiger partial charge in [0, 0.05) is 10.8 Å². The zero-order chi connectivity index (χ0) is 13.5. The average molecular weight is 330 g/mol. The molecule has 2 aromatic heterocycles. The number of aromatic amines is 1. The Kier molecular flexibility index (Phi) is 3.29. The summed E-state index contributed by atoms with van der Waals surface area (Å²) in [4.78, 5) is 22.4. The highest BCUT2D eigenvalue weighted by molar-refractivity contribution is 9.10. The number of nitrogens with zero attached hydrogens (tertiary/aromatic N) is 2. The van der Waals surface area contributed by atoms with Crippen LogP contribution in [0.4, 0.5) is 0 Å². The topological polar surface area (TPSA) is 78.9 Å². The van der Waals surface area contributed by atoms with E-state index in [0.717, 1.165) is 5.01 Å². The molecule has 0 atom stereocenters. The van der Waals surface area contributed by atoms with Gasteiger partial charge in [0.1, 0.15) is 10.2 Å². The molecule has 0 aliphatic rings. The van der Waals surface area contributed by atoms with Crippen LogP contribution in [0.2, 0.25) is 0 Å². The number of H-pyrrole nitrogens is 1. The van der Waals surface area contributed by atoms with Crippen molar-refractivity contribution in [3.05, 3.63) is 25.2 Å². The summed E-state index contributed by atoms with van der Waals surface area (Å²) in [6, 6.07) is 0. The van der Waals surface area contributed by atoms with E-state index in [2.05, 4.69) is 51.7 Å². The maximum absolute atomic E-state index is 11.5. The molecule has 0 aliphatic carbocycles. The minimum absolute atomic E-state index is 0.0255. The second kappa shape index (κ2) is 4.47. The van der Waals surface area contributed by atoms with Crippen molar-refractivity contribution < 1.29 is 5.11 Å². The molecule has 96 valence electrons. The van der Waals surface area contributed by atoms with Crippen LogP contribution in [0.15, 0.2) is 14.6 Å². The Bertz CT molecular complexity index is 642. The molecule has 7 heteroatoms. The highest BCUT2D eigenvalue weighted by atomic mass is 79.9. The third kappa shape index (κ3) is 2.46. The molecular formula is C11H12BrN3O2S. The molecule has 2 heterocycles. The van der Waals surface area contributed by atoms with Gasteiger partial charge >= 0.3 is 0 Å². The van der Waals surface area contributed by atoms with Crippen molar-refractivity contribution >= 4 is 27.3 Å². The first-order chi connectivity index (χ1) is 8.29. The van der Waals surface area contributed by atoms with Gasteiger partial charge in [-0.3, -0.25) is 4.79 Å². The summed E-state index contributed by atoms with van der Waals surface area (Å²) in [5.74, 6) is -0.0634. The largest absolute Gasteiger partial charge is 0.492 e. The Morgan fingerprint density at radius 3 is 2.56 bits per heavy atom. The molecule has 5 nitrogen and oxygen atoms in total. The van der Waals surface area contributed by atoms with Gasteiger partial charge in [0.25, 0.3) is 5.56 Å². The van der Waals surface area contributed by atoms with Crippen LogP contribution in [0.5, 0.6) is 5.88 Å². The van der Waals surface area contributed by atoms with E-state index < -0.39 is 5.56 Å². The summed E-state index contributed by atoms with van der Waals surface area (Å²) >= 11 is 4.45. The van der Waals surface area contributed by atoms with Crippen LogP contribution in [0, 0.1) is 0 Å². The fraction of sp³-hybridized carbons (Fsp3) is 0.364. The Balaban J connectivity index is 2.50. The third-order valence-electron chi connectivity index (χ3n) is 2.23. The van der Waals surface area contributed by atoms with Crippen molar-refractivity contribution in [3.63, 3.8) is 0 Å². The van der Waals surface area contributed by atoms with Gasteiger partial charge in [0.05, 0.1) is 5.01 Å². The van der Waals surface area contributed by atoms with E-state index in [1.54, 1.807) is 0 Å². The fourth-order valence-corrected chi connectivity index (χ4v) is 2.38. The van der Waals surface area contributed by atoms with Gasteiger partial charge in [-0.1, -0.05) is 20.8 Å². The molecule has 0 aromatic carbocycles. The van der Waals surface area contributed by atoms with E-state index in [9.17, 15) is 9.90 Å². The number of aromatic hydroxyl groups is 1. The number of halogens is 1. The number of nitrogens with one attached hydrogen (secondary N) is 1. The molecule has 0 saturated carbocycles. The SMILES string of the molecule is CC(C)(C)c1nc(-c2nc(O)c(Br)c(=O)[nH]2)cs1. The van der Waals surface area contributed by atoms with Gasteiger partial charge < -0.3 is 10.1 Å². The maximum Gasteiger partial charge on any atom is 0.269 e. The minimum Gasteiger partial charge on any atom is -0.492 e. The van der Waals surface area contributed by atoms with E-state index in [-0.39, 0.29) is 21.6 Å². The van der Waals surface area contributed by atoms with Gasteiger partial charge in [-0.2, -0.15) is 4.98 Å². The van der Waals surface area contributed by atoms with Crippen molar-refractivity contribution in [2.75, 3.05) is 0 Å². The molecule has 2 N–H and O–H groups in total. The standard InChI is InChI=1S/C11H12BrN3O2S/c1-11(2,3)10-13-5(4-18-10)7-14-8(16)6(12)9(17)15-7/h4H,1-3H3,(H2,14,15,16,17).